The van der Waals surface area contributed by atoms with E-state index in [1.165, 1.54) is 37.7 Å². The molecule has 1 aromatic carbocycles. The molecule has 1 N–H and O–H groups in total. The van der Waals surface area contributed by atoms with Gasteiger partial charge in [0, 0.05) is 16.6 Å². The van der Waals surface area contributed by atoms with Crippen LogP contribution in [-0.4, -0.2) is 6.04 Å². The molecule has 2 aliphatic carbocycles. The van der Waals surface area contributed by atoms with Crippen LogP contribution in [0.25, 0.3) is 0 Å². The van der Waals surface area contributed by atoms with E-state index in [0.29, 0.717) is 5.54 Å². The lowest BCUT2D eigenvalue weighted by Gasteiger charge is -2.32. The molecule has 0 saturated heterocycles. The van der Waals surface area contributed by atoms with Crippen LogP contribution in [0, 0.1) is 0 Å². The van der Waals surface area contributed by atoms with Gasteiger partial charge in [-0.05, 0) is 43.4 Å². The topological polar surface area (TPSA) is 12.0 Å². The van der Waals surface area contributed by atoms with Gasteiger partial charge in [0.2, 0.25) is 0 Å². The fourth-order valence-electron chi connectivity index (χ4n) is 2.35. The lowest BCUT2D eigenvalue weighted by Crippen LogP contribution is -2.42. The van der Waals surface area contributed by atoms with Crippen LogP contribution in [0.1, 0.15) is 37.7 Å². The number of hydrogen-bond donors (Lipinski definition) is 1. The van der Waals surface area contributed by atoms with E-state index >= 15 is 0 Å². The monoisotopic (exact) mass is 221 g/mol. The van der Waals surface area contributed by atoms with Gasteiger partial charge in [0.25, 0.3) is 0 Å². The van der Waals surface area contributed by atoms with Crippen molar-refractivity contribution in [1.29, 1.82) is 0 Å². The Morgan fingerprint density at radius 2 is 1.80 bits per heavy atom. The highest BCUT2D eigenvalue weighted by Gasteiger charge is 2.45. The number of benzene rings is 1. The van der Waals surface area contributed by atoms with E-state index in [1.54, 1.807) is 0 Å². The summed E-state index contributed by atoms with van der Waals surface area (Å²) in [5.74, 6) is 0. The highest BCUT2D eigenvalue weighted by atomic mass is 35.5. The van der Waals surface area contributed by atoms with Gasteiger partial charge in [-0.15, -0.1) is 0 Å². The third-order valence-electron chi connectivity index (χ3n) is 3.73. The van der Waals surface area contributed by atoms with Crippen LogP contribution in [0.5, 0.6) is 0 Å². The van der Waals surface area contributed by atoms with E-state index in [1.807, 2.05) is 12.1 Å². The predicted molar refractivity (Wildman–Crippen MR) is 63.1 cm³/mol. The van der Waals surface area contributed by atoms with E-state index in [2.05, 4.69) is 17.4 Å². The molecule has 0 atom stereocenters. The molecule has 2 aliphatic rings. The van der Waals surface area contributed by atoms with Crippen molar-refractivity contribution in [2.24, 2.45) is 0 Å². The SMILES string of the molecule is Clc1ccc(C2(NC3CCC3)CC2)cc1. The number of hydrogen-bond acceptors (Lipinski definition) is 1. The van der Waals surface area contributed by atoms with Crippen LogP contribution in [0.2, 0.25) is 5.02 Å². The predicted octanol–water partition coefficient (Wildman–Crippen LogP) is 3.47. The molecule has 0 aromatic heterocycles. The van der Waals surface area contributed by atoms with Crippen molar-refractivity contribution in [3.63, 3.8) is 0 Å². The zero-order valence-corrected chi connectivity index (χ0v) is 9.56. The van der Waals surface area contributed by atoms with Crippen molar-refractivity contribution in [3.8, 4) is 0 Å². The molecule has 0 unspecified atom stereocenters. The first-order valence-corrected chi connectivity index (χ1v) is 6.20. The Morgan fingerprint density at radius 3 is 2.27 bits per heavy atom. The highest BCUT2D eigenvalue weighted by Crippen LogP contribution is 2.47. The molecule has 2 saturated carbocycles. The number of nitrogens with one attached hydrogen (secondary N) is 1. The Kier molecular flexibility index (Phi) is 2.26. The standard InChI is InChI=1S/C13H16ClN/c14-11-6-4-10(5-7-11)13(8-9-13)15-12-2-1-3-12/h4-7,12,15H,1-3,8-9H2. The smallest absolute Gasteiger partial charge is 0.0438 e. The quantitative estimate of drug-likeness (QED) is 0.824. The third kappa shape index (κ3) is 1.79. The summed E-state index contributed by atoms with van der Waals surface area (Å²) in [6, 6.07) is 9.10. The van der Waals surface area contributed by atoms with E-state index in [4.69, 9.17) is 11.6 Å². The number of rotatable bonds is 3. The molecule has 1 aromatic rings. The highest BCUT2D eigenvalue weighted by molar-refractivity contribution is 6.30. The van der Waals surface area contributed by atoms with E-state index in [9.17, 15) is 0 Å². The average molecular weight is 222 g/mol. The van der Waals surface area contributed by atoms with Gasteiger partial charge < -0.3 is 5.32 Å². The molecule has 0 bridgehead atoms. The molecule has 80 valence electrons. The lowest BCUT2D eigenvalue weighted by molar-refractivity contribution is 0.295. The Labute approximate surface area is 95.8 Å². The van der Waals surface area contributed by atoms with Gasteiger partial charge in [-0.1, -0.05) is 30.2 Å². The Bertz CT molecular complexity index is 349. The molecule has 0 aliphatic heterocycles. The summed E-state index contributed by atoms with van der Waals surface area (Å²) in [6.07, 6.45) is 6.68. The molecule has 0 amide bonds. The van der Waals surface area contributed by atoms with Crippen LogP contribution < -0.4 is 5.32 Å². The van der Waals surface area contributed by atoms with Gasteiger partial charge in [-0.2, -0.15) is 0 Å². The van der Waals surface area contributed by atoms with Crippen molar-refractivity contribution in [2.45, 2.75) is 43.7 Å². The van der Waals surface area contributed by atoms with Gasteiger partial charge >= 0.3 is 0 Å². The average Bonchev–Trinajstić information content (AvgIpc) is 2.94. The van der Waals surface area contributed by atoms with Crippen LogP contribution in [0.4, 0.5) is 0 Å². The van der Waals surface area contributed by atoms with Crippen LogP contribution >= 0.6 is 11.6 Å². The normalized spacial score (nSPS) is 23.5. The fraction of sp³-hybridized carbons (Fsp3) is 0.538. The maximum atomic E-state index is 5.91. The second-order valence-electron chi connectivity index (χ2n) is 4.86. The fourth-order valence-corrected chi connectivity index (χ4v) is 2.48. The second-order valence-corrected chi connectivity index (χ2v) is 5.30. The minimum Gasteiger partial charge on any atom is -0.305 e. The second kappa shape index (κ2) is 3.50. The lowest BCUT2D eigenvalue weighted by atomic mass is 9.91. The molecular weight excluding hydrogens is 206 g/mol. The van der Waals surface area contributed by atoms with Crippen molar-refractivity contribution in [1.82, 2.24) is 5.32 Å². The Morgan fingerprint density at radius 1 is 1.13 bits per heavy atom. The summed E-state index contributed by atoms with van der Waals surface area (Å²) in [6.45, 7) is 0. The van der Waals surface area contributed by atoms with Crippen molar-refractivity contribution >= 4 is 11.6 Å². The largest absolute Gasteiger partial charge is 0.305 e. The summed E-state index contributed by atoms with van der Waals surface area (Å²) in [5.41, 5.74) is 1.72. The van der Waals surface area contributed by atoms with E-state index in [-0.39, 0.29) is 0 Å². The van der Waals surface area contributed by atoms with Crippen molar-refractivity contribution < 1.29 is 0 Å². The zero-order valence-electron chi connectivity index (χ0n) is 8.80. The van der Waals surface area contributed by atoms with Crippen LogP contribution in [0.15, 0.2) is 24.3 Å². The van der Waals surface area contributed by atoms with Crippen LogP contribution in [0.3, 0.4) is 0 Å². The molecule has 0 spiro atoms. The Hall–Kier alpha value is -0.530. The van der Waals surface area contributed by atoms with Gasteiger partial charge in [0.15, 0.2) is 0 Å². The summed E-state index contributed by atoms with van der Waals surface area (Å²) in [5, 5.41) is 4.63. The molecule has 2 fully saturated rings. The maximum Gasteiger partial charge on any atom is 0.0438 e. The summed E-state index contributed by atoms with van der Waals surface area (Å²) < 4.78 is 0. The molecule has 15 heavy (non-hydrogen) atoms. The summed E-state index contributed by atoms with van der Waals surface area (Å²) in [7, 11) is 0. The molecule has 0 heterocycles. The molecular formula is C13H16ClN. The van der Waals surface area contributed by atoms with Crippen LogP contribution in [-0.2, 0) is 5.54 Å². The Balaban J connectivity index is 1.76. The van der Waals surface area contributed by atoms with Gasteiger partial charge in [0.05, 0.1) is 0 Å². The van der Waals surface area contributed by atoms with Gasteiger partial charge in [0.1, 0.15) is 0 Å². The first-order valence-electron chi connectivity index (χ1n) is 5.82. The summed E-state index contributed by atoms with van der Waals surface area (Å²) >= 11 is 5.91. The molecule has 0 radical (unpaired) electrons. The first-order chi connectivity index (χ1) is 7.28. The third-order valence-corrected chi connectivity index (χ3v) is 3.98. The van der Waals surface area contributed by atoms with Crippen molar-refractivity contribution in [2.75, 3.05) is 0 Å². The molecule has 3 rings (SSSR count). The minimum absolute atomic E-state index is 0.301. The zero-order chi connectivity index (χ0) is 10.3. The van der Waals surface area contributed by atoms with Crippen molar-refractivity contribution in [3.05, 3.63) is 34.9 Å². The summed E-state index contributed by atoms with van der Waals surface area (Å²) in [4.78, 5) is 0. The molecule has 2 heteroatoms. The van der Waals surface area contributed by atoms with E-state index < -0.39 is 0 Å². The van der Waals surface area contributed by atoms with Gasteiger partial charge in [-0.25, -0.2) is 0 Å². The number of halogens is 1. The maximum absolute atomic E-state index is 5.91. The van der Waals surface area contributed by atoms with Gasteiger partial charge in [-0.3, -0.25) is 0 Å². The van der Waals surface area contributed by atoms with E-state index in [0.717, 1.165) is 11.1 Å². The molecule has 1 nitrogen and oxygen atoms in total. The minimum atomic E-state index is 0.301. The first kappa shape index (κ1) is 9.68.